The van der Waals surface area contributed by atoms with E-state index >= 15 is 0 Å². The van der Waals surface area contributed by atoms with Gasteiger partial charge in [0, 0.05) is 37.7 Å². The molecule has 1 heterocycles. The Morgan fingerprint density at radius 2 is 1.74 bits per heavy atom. The molecule has 1 aromatic carbocycles. The van der Waals surface area contributed by atoms with E-state index in [1.54, 1.807) is 7.05 Å². The van der Waals surface area contributed by atoms with Gasteiger partial charge in [-0.25, -0.2) is 8.78 Å². The second-order valence-corrected chi connectivity index (χ2v) is 8.91. The molecule has 2 saturated carbocycles. The Kier molecular flexibility index (Phi) is 5.02. The lowest BCUT2D eigenvalue weighted by Crippen LogP contribution is -2.41. The Morgan fingerprint density at radius 3 is 2.35 bits per heavy atom. The zero-order valence-corrected chi connectivity index (χ0v) is 17.4. The predicted octanol–water partition coefficient (Wildman–Crippen LogP) is 2.18. The fourth-order valence-corrected chi connectivity index (χ4v) is 5.54. The molecular formula is C23H26F2N4O2. The second kappa shape index (κ2) is 7.73. The first-order chi connectivity index (χ1) is 15.0. The number of hydrogen-bond acceptors (Lipinski definition) is 3. The molecule has 31 heavy (non-hydrogen) atoms. The van der Waals surface area contributed by atoms with Crippen molar-refractivity contribution in [3.63, 3.8) is 0 Å². The summed E-state index contributed by atoms with van der Waals surface area (Å²) in [5.74, 6) is -0.636. The molecule has 1 aromatic rings. The number of rotatable bonds is 6. The molecule has 6 unspecified atom stereocenters. The third-order valence-corrected chi connectivity index (χ3v) is 7.12. The molecule has 0 radical (unpaired) electrons. The first-order valence-corrected chi connectivity index (χ1v) is 10.9. The minimum Gasteiger partial charge on any atom is -0.356 e. The monoisotopic (exact) mass is 428 g/mol. The van der Waals surface area contributed by atoms with Crippen molar-refractivity contribution in [2.75, 3.05) is 20.1 Å². The first-order valence-electron chi connectivity index (χ1n) is 10.9. The number of nitrogens with zero attached hydrogens (tertiary/aromatic N) is 2. The van der Waals surface area contributed by atoms with E-state index in [1.807, 2.05) is 0 Å². The van der Waals surface area contributed by atoms with E-state index in [-0.39, 0.29) is 53.0 Å². The summed E-state index contributed by atoms with van der Waals surface area (Å²) in [4.78, 5) is 31.0. The largest absolute Gasteiger partial charge is 0.356 e. The van der Waals surface area contributed by atoms with Gasteiger partial charge in [-0.15, -0.1) is 0 Å². The third-order valence-electron chi connectivity index (χ3n) is 7.12. The number of imide groups is 1. The molecule has 1 aliphatic heterocycles. The molecule has 2 amide bonds. The molecule has 164 valence electrons. The third kappa shape index (κ3) is 3.42. The van der Waals surface area contributed by atoms with Crippen LogP contribution in [-0.4, -0.2) is 48.9 Å². The summed E-state index contributed by atoms with van der Waals surface area (Å²) in [5.41, 5.74) is 0.121. The van der Waals surface area contributed by atoms with Gasteiger partial charge in [-0.3, -0.25) is 19.5 Å². The number of aliphatic imine (C=N–C) groups is 1. The fraction of sp³-hybridized carbons (Fsp3) is 0.522. The van der Waals surface area contributed by atoms with Crippen molar-refractivity contribution in [3.8, 4) is 0 Å². The number of benzene rings is 1. The smallest absolute Gasteiger partial charge is 0.233 e. The number of halogens is 2. The number of carbonyl (C=O) groups excluding carboxylic acids is 2. The average molecular weight is 428 g/mol. The van der Waals surface area contributed by atoms with Gasteiger partial charge in [0.2, 0.25) is 11.8 Å². The van der Waals surface area contributed by atoms with Gasteiger partial charge in [0.15, 0.2) is 5.96 Å². The molecule has 5 rings (SSSR count). The summed E-state index contributed by atoms with van der Waals surface area (Å²) >= 11 is 0. The van der Waals surface area contributed by atoms with Crippen LogP contribution < -0.4 is 10.6 Å². The maximum atomic E-state index is 14.0. The Labute approximate surface area is 179 Å². The van der Waals surface area contributed by atoms with E-state index < -0.39 is 11.6 Å². The van der Waals surface area contributed by atoms with E-state index in [4.69, 9.17) is 0 Å². The van der Waals surface area contributed by atoms with Crippen molar-refractivity contribution in [1.82, 2.24) is 15.5 Å². The van der Waals surface area contributed by atoms with Gasteiger partial charge < -0.3 is 10.6 Å². The summed E-state index contributed by atoms with van der Waals surface area (Å²) in [6.07, 6.45) is 6.36. The summed E-state index contributed by atoms with van der Waals surface area (Å²) < 4.78 is 27.9. The molecule has 6 atom stereocenters. The van der Waals surface area contributed by atoms with Crippen LogP contribution in [0.5, 0.6) is 0 Å². The zero-order valence-electron chi connectivity index (χ0n) is 17.4. The maximum Gasteiger partial charge on any atom is 0.233 e. The van der Waals surface area contributed by atoms with Crippen molar-refractivity contribution < 1.29 is 18.4 Å². The minimum absolute atomic E-state index is 0.0258. The van der Waals surface area contributed by atoms with Crippen LogP contribution in [-0.2, 0) is 9.59 Å². The lowest BCUT2D eigenvalue weighted by Gasteiger charge is -2.18. The van der Waals surface area contributed by atoms with Gasteiger partial charge in [-0.1, -0.05) is 18.2 Å². The molecule has 4 aliphatic rings. The molecule has 1 saturated heterocycles. The number of nitrogens with one attached hydrogen (secondary N) is 2. The van der Waals surface area contributed by atoms with E-state index in [0.29, 0.717) is 31.9 Å². The van der Waals surface area contributed by atoms with Crippen LogP contribution >= 0.6 is 0 Å². The number of guanidine groups is 1. The minimum atomic E-state index is -0.523. The number of carbonyl (C=O) groups is 2. The van der Waals surface area contributed by atoms with Gasteiger partial charge in [0.25, 0.3) is 0 Å². The predicted molar refractivity (Wildman–Crippen MR) is 111 cm³/mol. The standard InChI is InChI=1S/C23H26F2N4O2/c1-26-23(28-17-11-14(17)20-15(24)4-2-5-16(20)25)27-8-3-9-29-21(30)18-12-6-7-13(10-12)19(18)22(29)31/h2,4-7,12-14,17-19H,3,8-11H2,1H3,(H2,26,27,28). The van der Waals surface area contributed by atoms with Crippen LogP contribution in [0.4, 0.5) is 8.78 Å². The summed E-state index contributed by atoms with van der Waals surface area (Å²) in [5, 5.41) is 6.36. The quantitative estimate of drug-likeness (QED) is 0.240. The Hall–Kier alpha value is -2.77. The summed E-state index contributed by atoms with van der Waals surface area (Å²) in [7, 11) is 1.63. The van der Waals surface area contributed by atoms with Crippen molar-refractivity contribution in [3.05, 3.63) is 47.5 Å². The Bertz CT molecular complexity index is 928. The molecule has 2 N–H and O–H groups in total. The first kappa shape index (κ1) is 20.2. The summed E-state index contributed by atoms with van der Waals surface area (Å²) in [6, 6.07) is 3.83. The highest BCUT2D eigenvalue weighted by atomic mass is 19.1. The van der Waals surface area contributed by atoms with Crippen molar-refractivity contribution in [2.24, 2.45) is 28.7 Å². The van der Waals surface area contributed by atoms with E-state index in [0.717, 1.165) is 6.42 Å². The summed E-state index contributed by atoms with van der Waals surface area (Å²) in [6.45, 7) is 0.920. The van der Waals surface area contributed by atoms with Crippen LogP contribution in [0.3, 0.4) is 0 Å². The number of hydrogen-bond donors (Lipinski definition) is 2. The highest BCUT2D eigenvalue weighted by molar-refractivity contribution is 6.06. The van der Waals surface area contributed by atoms with Crippen LogP contribution in [0, 0.1) is 35.3 Å². The lowest BCUT2D eigenvalue weighted by atomic mass is 9.85. The van der Waals surface area contributed by atoms with Crippen molar-refractivity contribution in [2.45, 2.75) is 31.2 Å². The molecule has 0 aromatic heterocycles. The van der Waals surface area contributed by atoms with Gasteiger partial charge in [0.1, 0.15) is 11.6 Å². The maximum absolute atomic E-state index is 14.0. The second-order valence-electron chi connectivity index (χ2n) is 8.91. The lowest BCUT2D eigenvalue weighted by molar-refractivity contribution is -0.140. The van der Waals surface area contributed by atoms with Gasteiger partial charge in [0.05, 0.1) is 11.8 Å². The number of fused-ring (bicyclic) bond motifs is 5. The van der Waals surface area contributed by atoms with Gasteiger partial charge in [-0.05, 0) is 43.2 Å². The molecule has 3 fully saturated rings. The molecular weight excluding hydrogens is 402 g/mol. The molecule has 6 nitrogen and oxygen atoms in total. The topological polar surface area (TPSA) is 73.8 Å². The normalized spacial score (nSPS) is 33.3. The molecule has 2 bridgehead atoms. The molecule has 8 heteroatoms. The number of allylic oxidation sites excluding steroid dienone is 2. The van der Waals surface area contributed by atoms with E-state index in [9.17, 15) is 18.4 Å². The number of likely N-dealkylation sites (tertiary alicyclic amines) is 1. The van der Waals surface area contributed by atoms with Gasteiger partial charge >= 0.3 is 0 Å². The zero-order chi connectivity index (χ0) is 21.7. The van der Waals surface area contributed by atoms with E-state index in [1.165, 1.54) is 23.1 Å². The van der Waals surface area contributed by atoms with Crippen LogP contribution in [0.15, 0.2) is 35.3 Å². The van der Waals surface area contributed by atoms with Crippen LogP contribution in [0.2, 0.25) is 0 Å². The molecule has 0 spiro atoms. The Balaban J connectivity index is 1.09. The van der Waals surface area contributed by atoms with Crippen molar-refractivity contribution in [1.29, 1.82) is 0 Å². The van der Waals surface area contributed by atoms with Crippen LogP contribution in [0.1, 0.15) is 30.7 Å². The fourth-order valence-electron chi connectivity index (χ4n) is 5.54. The highest BCUT2D eigenvalue weighted by Gasteiger charge is 2.58. The molecule has 3 aliphatic carbocycles. The highest BCUT2D eigenvalue weighted by Crippen LogP contribution is 2.52. The average Bonchev–Trinajstić information content (AvgIpc) is 3.08. The van der Waals surface area contributed by atoms with Crippen LogP contribution in [0.25, 0.3) is 0 Å². The van der Waals surface area contributed by atoms with E-state index in [2.05, 4.69) is 27.8 Å². The Morgan fingerprint density at radius 1 is 1.10 bits per heavy atom. The van der Waals surface area contributed by atoms with Gasteiger partial charge in [-0.2, -0.15) is 0 Å². The van der Waals surface area contributed by atoms with Crippen molar-refractivity contribution >= 4 is 17.8 Å². The number of amides is 2. The SMILES string of the molecule is CN=C(NCCCN1C(=O)C2C3C=CC(C3)C2C1=O)NC1CC1c1c(F)cccc1F.